The maximum Gasteiger partial charge on any atom is 0.251 e. The number of amides is 1. The van der Waals surface area contributed by atoms with Gasteiger partial charge in [-0.3, -0.25) is 4.79 Å². The fourth-order valence-corrected chi connectivity index (χ4v) is 2.34. The lowest BCUT2D eigenvalue weighted by atomic mass is 10.1. The second-order valence-electron chi connectivity index (χ2n) is 5.17. The summed E-state index contributed by atoms with van der Waals surface area (Å²) < 4.78 is 0. The third-order valence-corrected chi connectivity index (χ3v) is 3.56. The summed E-state index contributed by atoms with van der Waals surface area (Å²) >= 11 is 0. The summed E-state index contributed by atoms with van der Waals surface area (Å²) in [6.07, 6.45) is 1.64. The molecule has 0 aliphatic heterocycles. The van der Waals surface area contributed by atoms with Gasteiger partial charge in [0, 0.05) is 12.1 Å². The van der Waals surface area contributed by atoms with Crippen molar-refractivity contribution in [2.75, 3.05) is 13.1 Å². The van der Waals surface area contributed by atoms with Gasteiger partial charge in [0.2, 0.25) is 0 Å². The van der Waals surface area contributed by atoms with E-state index in [9.17, 15) is 4.79 Å². The van der Waals surface area contributed by atoms with Crippen LogP contribution in [0.25, 0.3) is 0 Å². The van der Waals surface area contributed by atoms with E-state index in [0.29, 0.717) is 18.7 Å². The zero-order valence-electron chi connectivity index (χ0n) is 12.4. The van der Waals surface area contributed by atoms with Crippen molar-refractivity contribution in [3.05, 3.63) is 70.8 Å². The Balaban J connectivity index is 1.90. The van der Waals surface area contributed by atoms with Crippen LogP contribution >= 0.6 is 0 Å². The molecule has 2 aromatic carbocycles. The molecule has 0 aromatic heterocycles. The summed E-state index contributed by atoms with van der Waals surface area (Å²) in [6.45, 7) is 3.33. The lowest BCUT2D eigenvalue weighted by molar-refractivity contribution is 0.0954. The first kappa shape index (κ1) is 15.3. The Labute approximate surface area is 126 Å². The molecule has 0 spiro atoms. The lowest BCUT2D eigenvalue weighted by Gasteiger charge is -2.08. The quantitative estimate of drug-likeness (QED) is 0.855. The SMILES string of the molecule is Cc1ccccc1CCNC(=O)c1cccc(CCN)c1. The van der Waals surface area contributed by atoms with Gasteiger partial charge in [-0.25, -0.2) is 0 Å². The summed E-state index contributed by atoms with van der Waals surface area (Å²) in [7, 11) is 0. The Hall–Kier alpha value is -2.13. The minimum atomic E-state index is -0.0255. The highest BCUT2D eigenvalue weighted by molar-refractivity contribution is 5.94. The smallest absolute Gasteiger partial charge is 0.251 e. The zero-order valence-corrected chi connectivity index (χ0v) is 12.4. The molecule has 0 saturated heterocycles. The average Bonchev–Trinajstić information content (AvgIpc) is 2.50. The van der Waals surface area contributed by atoms with E-state index in [1.807, 2.05) is 36.4 Å². The highest BCUT2D eigenvalue weighted by Crippen LogP contribution is 2.08. The molecular weight excluding hydrogens is 260 g/mol. The van der Waals surface area contributed by atoms with Crippen molar-refractivity contribution >= 4 is 5.91 Å². The minimum absolute atomic E-state index is 0.0255. The largest absolute Gasteiger partial charge is 0.352 e. The molecule has 110 valence electrons. The molecule has 0 unspecified atom stereocenters. The highest BCUT2D eigenvalue weighted by atomic mass is 16.1. The summed E-state index contributed by atoms with van der Waals surface area (Å²) in [5.74, 6) is -0.0255. The van der Waals surface area contributed by atoms with E-state index in [-0.39, 0.29) is 5.91 Å². The van der Waals surface area contributed by atoms with Crippen LogP contribution in [-0.4, -0.2) is 19.0 Å². The fourth-order valence-electron chi connectivity index (χ4n) is 2.34. The van der Waals surface area contributed by atoms with E-state index in [0.717, 1.165) is 18.4 Å². The molecule has 21 heavy (non-hydrogen) atoms. The molecule has 0 fully saturated rings. The monoisotopic (exact) mass is 282 g/mol. The van der Waals surface area contributed by atoms with E-state index in [2.05, 4.69) is 24.4 Å². The Bertz CT molecular complexity index is 608. The summed E-state index contributed by atoms with van der Waals surface area (Å²) in [6, 6.07) is 15.9. The molecular formula is C18H22N2O. The third-order valence-electron chi connectivity index (χ3n) is 3.56. The van der Waals surface area contributed by atoms with Crippen molar-refractivity contribution in [2.24, 2.45) is 5.73 Å². The maximum atomic E-state index is 12.1. The number of aryl methyl sites for hydroxylation is 1. The van der Waals surface area contributed by atoms with E-state index < -0.39 is 0 Å². The Morgan fingerprint density at radius 2 is 1.90 bits per heavy atom. The molecule has 0 saturated carbocycles. The first-order valence-corrected chi connectivity index (χ1v) is 7.32. The molecule has 3 heteroatoms. The van der Waals surface area contributed by atoms with Crippen LogP contribution in [0.15, 0.2) is 48.5 Å². The molecule has 0 bridgehead atoms. The number of nitrogens with one attached hydrogen (secondary N) is 1. The Morgan fingerprint density at radius 3 is 2.67 bits per heavy atom. The zero-order chi connectivity index (χ0) is 15.1. The number of nitrogens with two attached hydrogens (primary N) is 1. The van der Waals surface area contributed by atoms with Gasteiger partial charge in [-0.05, 0) is 55.1 Å². The lowest BCUT2D eigenvalue weighted by Crippen LogP contribution is -2.26. The maximum absolute atomic E-state index is 12.1. The summed E-state index contributed by atoms with van der Waals surface area (Å²) in [5, 5.41) is 2.97. The van der Waals surface area contributed by atoms with Crippen molar-refractivity contribution in [1.29, 1.82) is 0 Å². The molecule has 0 radical (unpaired) electrons. The predicted octanol–water partition coefficient (Wildman–Crippen LogP) is 2.47. The topological polar surface area (TPSA) is 55.1 Å². The molecule has 2 aromatic rings. The molecule has 0 aliphatic rings. The van der Waals surface area contributed by atoms with E-state index >= 15 is 0 Å². The van der Waals surface area contributed by atoms with Crippen LogP contribution in [0.4, 0.5) is 0 Å². The van der Waals surface area contributed by atoms with Crippen LogP contribution in [0, 0.1) is 6.92 Å². The van der Waals surface area contributed by atoms with Crippen molar-refractivity contribution in [3.8, 4) is 0 Å². The number of carbonyl (C=O) groups is 1. The van der Waals surface area contributed by atoms with Gasteiger partial charge >= 0.3 is 0 Å². The van der Waals surface area contributed by atoms with Crippen LogP contribution in [-0.2, 0) is 12.8 Å². The number of carbonyl (C=O) groups excluding carboxylic acids is 1. The number of benzene rings is 2. The van der Waals surface area contributed by atoms with Crippen LogP contribution < -0.4 is 11.1 Å². The van der Waals surface area contributed by atoms with Gasteiger partial charge in [-0.1, -0.05) is 36.4 Å². The normalized spacial score (nSPS) is 10.4. The van der Waals surface area contributed by atoms with E-state index in [1.54, 1.807) is 0 Å². The second kappa shape index (κ2) is 7.60. The second-order valence-corrected chi connectivity index (χ2v) is 5.17. The summed E-state index contributed by atoms with van der Waals surface area (Å²) in [4.78, 5) is 12.1. The Morgan fingerprint density at radius 1 is 1.10 bits per heavy atom. The van der Waals surface area contributed by atoms with Gasteiger partial charge in [-0.2, -0.15) is 0 Å². The molecule has 2 rings (SSSR count). The van der Waals surface area contributed by atoms with Crippen molar-refractivity contribution in [1.82, 2.24) is 5.32 Å². The standard InChI is InChI=1S/C18H22N2O/c1-14-5-2-3-7-16(14)10-12-20-18(21)17-8-4-6-15(13-17)9-11-19/h2-8,13H,9-12,19H2,1H3,(H,20,21). The van der Waals surface area contributed by atoms with Crippen LogP contribution in [0.3, 0.4) is 0 Å². The number of rotatable bonds is 6. The first-order valence-electron chi connectivity index (χ1n) is 7.32. The molecule has 3 N–H and O–H groups in total. The van der Waals surface area contributed by atoms with Gasteiger partial charge in [0.05, 0.1) is 0 Å². The van der Waals surface area contributed by atoms with Gasteiger partial charge in [0.15, 0.2) is 0 Å². The number of hydrogen-bond donors (Lipinski definition) is 2. The third kappa shape index (κ3) is 4.43. The fraction of sp³-hybridized carbons (Fsp3) is 0.278. The molecule has 0 heterocycles. The van der Waals surface area contributed by atoms with Crippen molar-refractivity contribution < 1.29 is 4.79 Å². The van der Waals surface area contributed by atoms with Gasteiger partial charge < -0.3 is 11.1 Å². The van der Waals surface area contributed by atoms with Crippen molar-refractivity contribution in [3.63, 3.8) is 0 Å². The Kier molecular flexibility index (Phi) is 5.52. The van der Waals surface area contributed by atoms with Gasteiger partial charge in [-0.15, -0.1) is 0 Å². The van der Waals surface area contributed by atoms with Gasteiger partial charge in [0.1, 0.15) is 0 Å². The molecule has 3 nitrogen and oxygen atoms in total. The van der Waals surface area contributed by atoms with Gasteiger partial charge in [0.25, 0.3) is 5.91 Å². The first-order chi connectivity index (χ1) is 10.2. The predicted molar refractivity (Wildman–Crippen MR) is 86.4 cm³/mol. The van der Waals surface area contributed by atoms with E-state index in [4.69, 9.17) is 5.73 Å². The van der Waals surface area contributed by atoms with Crippen LogP contribution in [0.1, 0.15) is 27.0 Å². The molecule has 0 aliphatic carbocycles. The minimum Gasteiger partial charge on any atom is -0.352 e. The summed E-state index contributed by atoms with van der Waals surface area (Å²) in [5.41, 5.74) is 9.88. The molecule has 1 amide bonds. The molecule has 0 atom stereocenters. The average molecular weight is 282 g/mol. The van der Waals surface area contributed by atoms with E-state index in [1.165, 1.54) is 11.1 Å². The highest BCUT2D eigenvalue weighted by Gasteiger charge is 2.06. The number of hydrogen-bond acceptors (Lipinski definition) is 2. The van der Waals surface area contributed by atoms with Crippen LogP contribution in [0.2, 0.25) is 0 Å². The van der Waals surface area contributed by atoms with Crippen LogP contribution in [0.5, 0.6) is 0 Å². The van der Waals surface area contributed by atoms with Crippen molar-refractivity contribution in [2.45, 2.75) is 19.8 Å².